The number of benzene rings is 3. The molecule has 3 aromatic rings. The van der Waals surface area contributed by atoms with Crippen LogP contribution in [0.4, 0.5) is 11.4 Å². The van der Waals surface area contributed by atoms with Gasteiger partial charge in [0.05, 0.1) is 68.9 Å². The number of hydrogen-bond acceptors (Lipinski definition) is 13. The monoisotopic (exact) mass is 735 g/mol. The maximum atomic E-state index is 14.5. The van der Waals surface area contributed by atoms with Crippen LogP contribution in [0.1, 0.15) is 24.0 Å². The van der Waals surface area contributed by atoms with Gasteiger partial charge in [-0.25, -0.2) is 8.42 Å². The quantitative estimate of drug-likeness (QED) is 0.120. The lowest BCUT2D eigenvalue weighted by molar-refractivity contribution is -0.384. The Labute approximate surface area is 291 Å². The number of anilines is 1. The average Bonchev–Trinajstić information content (AvgIpc) is 3.09. The van der Waals surface area contributed by atoms with Gasteiger partial charge in [0.15, 0.2) is 11.4 Å². The molecule has 0 unspecified atom stereocenters. The van der Waals surface area contributed by atoms with E-state index in [4.69, 9.17) is 27.9 Å². The molecule has 1 aliphatic heterocycles. The minimum atomic E-state index is -4.41. The Hall–Kier alpha value is -4.00. The molecule has 0 spiro atoms. The highest BCUT2D eigenvalue weighted by molar-refractivity contribution is 7.89. The molecular formula is C33H41N3O12S2. The van der Waals surface area contributed by atoms with Gasteiger partial charge >= 0.3 is 0 Å². The smallest absolute Gasteiger partial charge is 0.297 e. The first kappa shape index (κ1) is 37.3. The third-order valence-electron chi connectivity index (χ3n) is 8.42. The van der Waals surface area contributed by atoms with Crippen LogP contribution in [-0.4, -0.2) is 91.7 Å². The first-order valence-electron chi connectivity index (χ1n) is 15.9. The van der Waals surface area contributed by atoms with Gasteiger partial charge in [0.2, 0.25) is 10.0 Å². The van der Waals surface area contributed by atoms with E-state index in [0.717, 1.165) is 12.3 Å². The summed E-state index contributed by atoms with van der Waals surface area (Å²) in [5, 5.41) is 15.5. The van der Waals surface area contributed by atoms with E-state index in [1.54, 1.807) is 48.5 Å². The number of nitrogens with one attached hydrogen (secondary N) is 1. The second kappa shape index (κ2) is 16.3. The zero-order valence-electron chi connectivity index (χ0n) is 28.0. The molecule has 1 N–H and O–H groups in total. The lowest BCUT2D eigenvalue weighted by Crippen LogP contribution is -2.39. The number of sulfonamides is 1. The van der Waals surface area contributed by atoms with Gasteiger partial charge in [-0.1, -0.05) is 24.3 Å². The first-order valence-corrected chi connectivity index (χ1v) is 19.1. The molecule has 3 aromatic carbocycles. The largest absolute Gasteiger partial charge is 0.497 e. The van der Waals surface area contributed by atoms with E-state index in [-0.39, 0.29) is 55.1 Å². The van der Waals surface area contributed by atoms with Crippen molar-refractivity contribution in [1.82, 2.24) is 4.31 Å². The Kier molecular flexibility index (Phi) is 12.2. The van der Waals surface area contributed by atoms with Crippen molar-refractivity contribution in [3.8, 4) is 17.2 Å². The van der Waals surface area contributed by atoms with Gasteiger partial charge in [0.25, 0.3) is 15.8 Å². The van der Waals surface area contributed by atoms with E-state index in [1.165, 1.54) is 24.6 Å². The van der Waals surface area contributed by atoms with Crippen LogP contribution in [0.5, 0.6) is 17.2 Å². The van der Waals surface area contributed by atoms with Gasteiger partial charge in [-0.15, -0.1) is 0 Å². The molecule has 5 rings (SSSR count). The molecule has 2 fully saturated rings. The van der Waals surface area contributed by atoms with Crippen molar-refractivity contribution in [2.45, 2.75) is 43.0 Å². The second-order valence-corrected chi connectivity index (χ2v) is 15.5. The Morgan fingerprint density at radius 3 is 2.02 bits per heavy atom. The van der Waals surface area contributed by atoms with Gasteiger partial charge in [0.1, 0.15) is 11.5 Å². The summed E-state index contributed by atoms with van der Waals surface area (Å²) in [5.74, 6) is 0.765. The zero-order chi connectivity index (χ0) is 35.9. The van der Waals surface area contributed by atoms with Crippen LogP contribution in [0.25, 0.3) is 0 Å². The van der Waals surface area contributed by atoms with Crippen molar-refractivity contribution in [2.24, 2.45) is 5.92 Å². The summed E-state index contributed by atoms with van der Waals surface area (Å²) < 4.78 is 86.6. The predicted octanol–water partition coefficient (Wildman–Crippen LogP) is 3.96. The number of hydrogen-bond donors (Lipinski definition) is 1. The fourth-order valence-corrected chi connectivity index (χ4v) is 7.71. The molecule has 3 atom stereocenters. The van der Waals surface area contributed by atoms with Crippen molar-refractivity contribution in [3.63, 3.8) is 0 Å². The summed E-state index contributed by atoms with van der Waals surface area (Å²) in [7, 11) is -5.08. The minimum absolute atomic E-state index is 0.0418. The fraction of sp³-hybridized carbons (Fsp3) is 0.455. The Morgan fingerprint density at radius 1 is 0.920 bits per heavy atom. The molecule has 0 bridgehead atoms. The van der Waals surface area contributed by atoms with Crippen LogP contribution < -0.4 is 19.5 Å². The standard InChI is InChI=1S/C33H41N3O12S2/c1-43-26-9-4-23(5-10-26)19-35(20-24-6-11-27(44-2)12-7-24)50(41,42)29-16-30(36(37)38)33(34-18-28-22-45-14-15-46-28)32(17-29)47-21-25-8-13-31(25)48-49(3,39)40/h4-7,9-12,16-17,25,28,31,34H,8,13-15,18-22H2,1-3H3/t25-,28-,31-/m0/s1. The minimum Gasteiger partial charge on any atom is -0.497 e. The van der Waals surface area contributed by atoms with Crippen LogP contribution in [-0.2, 0) is 46.9 Å². The third-order valence-corrected chi connectivity index (χ3v) is 10.8. The van der Waals surface area contributed by atoms with Gasteiger partial charge in [-0.3, -0.25) is 14.3 Å². The molecule has 1 aliphatic carbocycles. The fourth-order valence-electron chi connectivity index (χ4n) is 5.55. The lowest BCUT2D eigenvalue weighted by atomic mass is 9.83. The number of nitrogens with zero attached hydrogens (tertiary/aromatic N) is 2. The molecule has 0 aromatic heterocycles. The third kappa shape index (κ3) is 9.61. The Balaban J connectivity index is 1.52. The summed E-state index contributed by atoms with van der Waals surface area (Å²) in [6.07, 6.45) is 1.01. The number of ether oxygens (including phenoxy) is 5. The van der Waals surface area contributed by atoms with Gasteiger partial charge in [0, 0.05) is 37.7 Å². The van der Waals surface area contributed by atoms with Crippen LogP contribution >= 0.6 is 0 Å². The van der Waals surface area contributed by atoms with Gasteiger partial charge in [-0.2, -0.15) is 12.7 Å². The molecule has 0 amide bonds. The average molecular weight is 736 g/mol. The molecule has 1 saturated carbocycles. The molecule has 0 radical (unpaired) electrons. The van der Waals surface area contributed by atoms with Crippen molar-refractivity contribution >= 4 is 31.5 Å². The molecule has 1 heterocycles. The highest BCUT2D eigenvalue weighted by atomic mass is 32.2. The maximum Gasteiger partial charge on any atom is 0.297 e. The lowest BCUT2D eigenvalue weighted by Gasteiger charge is -2.35. The van der Waals surface area contributed by atoms with E-state index in [2.05, 4.69) is 5.32 Å². The number of rotatable bonds is 17. The van der Waals surface area contributed by atoms with E-state index < -0.39 is 43.0 Å². The maximum absolute atomic E-state index is 14.5. The van der Waals surface area contributed by atoms with Crippen molar-refractivity contribution in [2.75, 3.05) is 58.8 Å². The molecular weight excluding hydrogens is 695 g/mol. The molecule has 2 aliphatic rings. The van der Waals surface area contributed by atoms with Crippen LogP contribution in [0.3, 0.4) is 0 Å². The topological polar surface area (TPSA) is 182 Å². The normalized spacial score (nSPS) is 19.4. The number of nitro groups is 1. The van der Waals surface area contributed by atoms with Crippen LogP contribution in [0.2, 0.25) is 0 Å². The number of nitro benzene ring substituents is 1. The predicted molar refractivity (Wildman–Crippen MR) is 183 cm³/mol. The molecule has 15 nitrogen and oxygen atoms in total. The van der Waals surface area contributed by atoms with Gasteiger partial charge < -0.3 is 29.0 Å². The van der Waals surface area contributed by atoms with Crippen LogP contribution in [0.15, 0.2) is 65.6 Å². The van der Waals surface area contributed by atoms with E-state index >= 15 is 0 Å². The Morgan fingerprint density at radius 2 is 1.54 bits per heavy atom. The molecule has 50 heavy (non-hydrogen) atoms. The van der Waals surface area contributed by atoms with E-state index in [1.807, 2.05) is 0 Å². The molecule has 17 heteroatoms. The summed E-state index contributed by atoms with van der Waals surface area (Å²) >= 11 is 0. The molecule has 1 saturated heterocycles. The summed E-state index contributed by atoms with van der Waals surface area (Å²) in [6.45, 7) is 0.979. The van der Waals surface area contributed by atoms with Crippen LogP contribution in [0, 0.1) is 16.0 Å². The highest BCUT2D eigenvalue weighted by Crippen LogP contribution is 2.40. The van der Waals surface area contributed by atoms with E-state index in [0.29, 0.717) is 48.7 Å². The highest BCUT2D eigenvalue weighted by Gasteiger charge is 2.36. The van der Waals surface area contributed by atoms with E-state index in [9.17, 15) is 26.9 Å². The van der Waals surface area contributed by atoms with Crippen molar-refractivity contribution in [3.05, 3.63) is 81.9 Å². The van der Waals surface area contributed by atoms with Crippen molar-refractivity contribution < 1.29 is 49.6 Å². The SMILES string of the molecule is COc1ccc(CN(Cc2ccc(OC)cc2)S(=O)(=O)c2cc(OC[C@@H]3CC[C@@H]3OS(C)(=O)=O)c(NC[C@H]3COCCO3)c([N+](=O)[O-])c2)cc1. The second-order valence-electron chi connectivity index (χ2n) is 12.0. The zero-order valence-corrected chi connectivity index (χ0v) is 29.6. The number of methoxy groups -OCH3 is 2. The Bertz CT molecular complexity index is 1780. The summed E-state index contributed by atoms with van der Waals surface area (Å²) in [6, 6.07) is 16.1. The summed E-state index contributed by atoms with van der Waals surface area (Å²) in [5.41, 5.74) is 0.747. The molecule has 272 valence electrons. The summed E-state index contributed by atoms with van der Waals surface area (Å²) in [4.78, 5) is 11.5. The van der Waals surface area contributed by atoms with Gasteiger partial charge in [-0.05, 0) is 48.2 Å². The first-order chi connectivity index (χ1) is 23.9. The van der Waals surface area contributed by atoms with Crippen molar-refractivity contribution in [1.29, 1.82) is 0 Å².